The molecule has 3 aromatic carbocycles. The van der Waals surface area contributed by atoms with E-state index in [1.54, 1.807) is 7.05 Å². The molecule has 214 valence electrons. The molecule has 0 heterocycles. The minimum Gasteiger partial charge on any atom is -0.465 e. The summed E-state index contributed by atoms with van der Waals surface area (Å²) in [4.78, 5) is 25.3. The summed E-state index contributed by atoms with van der Waals surface area (Å²) in [6.45, 7) is 4.83. The minimum absolute atomic E-state index is 0.147. The number of carbonyl (C=O) groups excluding carboxylic acids is 2. The minimum atomic E-state index is -0.657. The lowest BCUT2D eigenvalue weighted by atomic mass is 9.93. The number of allylic oxidation sites excluding steroid dienone is 1. The van der Waals surface area contributed by atoms with Crippen LogP contribution in [0.3, 0.4) is 0 Å². The van der Waals surface area contributed by atoms with Gasteiger partial charge in [0.2, 0.25) is 0 Å². The molecule has 3 N–H and O–H groups in total. The highest BCUT2D eigenvalue weighted by Crippen LogP contribution is 2.49. The lowest BCUT2D eigenvalue weighted by Crippen LogP contribution is -2.33. The molecule has 8 nitrogen and oxygen atoms in total. The van der Waals surface area contributed by atoms with Crippen molar-refractivity contribution < 1.29 is 23.8 Å². The third kappa shape index (κ3) is 7.02. The summed E-state index contributed by atoms with van der Waals surface area (Å²) in [7, 11) is 1.67. The number of esters is 1. The van der Waals surface area contributed by atoms with Crippen molar-refractivity contribution in [3.63, 3.8) is 0 Å². The topological polar surface area (TPSA) is 110 Å². The normalized spacial score (nSPS) is 14.7. The van der Waals surface area contributed by atoms with Gasteiger partial charge in [-0.15, -0.1) is 0 Å². The van der Waals surface area contributed by atoms with Gasteiger partial charge in [0.25, 0.3) is 0 Å². The predicted molar refractivity (Wildman–Crippen MR) is 159 cm³/mol. The Morgan fingerprint density at radius 1 is 0.927 bits per heavy atom. The van der Waals surface area contributed by atoms with Crippen LogP contribution in [0.25, 0.3) is 16.7 Å². The van der Waals surface area contributed by atoms with Crippen LogP contribution in [0.5, 0.6) is 0 Å². The molecule has 1 aliphatic carbocycles. The quantitative estimate of drug-likeness (QED) is 0.177. The van der Waals surface area contributed by atoms with Crippen molar-refractivity contribution in [2.45, 2.75) is 38.2 Å². The van der Waals surface area contributed by atoms with Crippen LogP contribution in [0.4, 0.5) is 4.79 Å². The summed E-state index contributed by atoms with van der Waals surface area (Å²) in [6.07, 6.45) is 1.58. The van der Waals surface area contributed by atoms with Gasteiger partial charge in [-0.2, -0.15) is 0 Å². The molecular formula is C33H37N3O5. The lowest BCUT2D eigenvalue weighted by Gasteiger charge is -2.20. The Kier molecular flexibility index (Phi) is 9.92. The van der Waals surface area contributed by atoms with Crippen LogP contribution in [-0.2, 0) is 24.4 Å². The molecule has 1 fully saturated rings. The fraction of sp³-hybridized carbons (Fsp3) is 0.303. The van der Waals surface area contributed by atoms with E-state index in [4.69, 9.17) is 19.6 Å². The second-order valence-corrected chi connectivity index (χ2v) is 9.73. The van der Waals surface area contributed by atoms with E-state index >= 15 is 0 Å². The van der Waals surface area contributed by atoms with Crippen LogP contribution in [0.15, 0.2) is 84.7 Å². The number of hydrogen-bond donors (Lipinski definition) is 3. The third-order valence-electron chi connectivity index (χ3n) is 7.17. The highest BCUT2D eigenvalue weighted by molar-refractivity contribution is 6.10. The van der Waals surface area contributed by atoms with Crippen LogP contribution in [0.2, 0.25) is 0 Å². The zero-order chi connectivity index (χ0) is 29.2. The van der Waals surface area contributed by atoms with Gasteiger partial charge in [0.1, 0.15) is 5.82 Å². The van der Waals surface area contributed by atoms with E-state index in [9.17, 15) is 9.59 Å². The second kappa shape index (κ2) is 13.8. The molecule has 0 aliphatic heterocycles. The summed E-state index contributed by atoms with van der Waals surface area (Å²) < 4.78 is 16.5. The first-order valence-corrected chi connectivity index (χ1v) is 13.9. The lowest BCUT2D eigenvalue weighted by molar-refractivity contribution is -0.146. The number of nitrogens with one attached hydrogen (secondary N) is 3. The second-order valence-electron chi connectivity index (χ2n) is 9.73. The molecule has 1 aliphatic rings. The Bertz CT molecular complexity index is 1360. The molecule has 1 atom stereocenters. The molecule has 4 rings (SSSR count). The number of ether oxygens (including phenoxy) is 3. The molecule has 0 bridgehead atoms. The zero-order valence-corrected chi connectivity index (χ0v) is 23.7. The molecule has 0 saturated heterocycles. The maximum Gasteiger partial charge on any atom is 0.413 e. The van der Waals surface area contributed by atoms with Crippen LogP contribution in [0, 0.1) is 5.41 Å². The monoisotopic (exact) mass is 555 g/mol. The van der Waals surface area contributed by atoms with Crippen molar-refractivity contribution in [1.29, 1.82) is 5.41 Å². The molecule has 0 radical (unpaired) electrons. The smallest absolute Gasteiger partial charge is 0.413 e. The average molecular weight is 556 g/mol. The van der Waals surface area contributed by atoms with Gasteiger partial charge in [0, 0.05) is 25.4 Å². The van der Waals surface area contributed by atoms with Gasteiger partial charge in [0.15, 0.2) is 6.10 Å². The standard InChI is InChI=1S/C33H37N3O5/c1-4-39-22-29(26-9-7-6-8-10-26)41-32(38)36-30(35-3)28(21-34)25-13-11-23(12-14-25)24-15-17-27(18-16-24)33(19-20-33)31(37)40-5-2/h6-18,21,29,34-35H,4-5,19-20,22H2,1-3H3,(H,36,38)/b30-28-,34-21?. The molecule has 41 heavy (non-hydrogen) atoms. The molecule has 0 spiro atoms. The van der Waals surface area contributed by atoms with E-state index in [2.05, 4.69) is 10.6 Å². The van der Waals surface area contributed by atoms with Crippen LogP contribution >= 0.6 is 0 Å². The Labute approximate surface area is 241 Å². The largest absolute Gasteiger partial charge is 0.465 e. The number of hydrogen-bond acceptors (Lipinski definition) is 7. The van der Waals surface area contributed by atoms with Crippen LogP contribution < -0.4 is 10.6 Å². The Morgan fingerprint density at radius 2 is 1.56 bits per heavy atom. The summed E-state index contributed by atoms with van der Waals surface area (Å²) in [5.74, 6) is 0.199. The van der Waals surface area contributed by atoms with Crippen LogP contribution in [0.1, 0.15) is 49.5 Å². The summed E-state index contributed by atoms with van der Waals surface area (Å²) in [5.41, 5.74) is 4.57. The molecule has 1 amide bonds. The highest BCUT2D eigenvalue weighted by atomic mass is 16.6. The van der Waals surface area contributed by atoms with Gasteiger partial charge in [-0.1, -0.05) is 78.9 Å². The zero-order valence-electron chi connectivity index (χ0n) is 23.7. The van der Waals surface area contributed by atoms with Crippen LogP contribution in [-0.4, -0.2) is 45.1 Å². The third-order valence-corrected chi connectivity index (χ3v) is 7.17. The van der Waals surface area contributed by atoms with E-state index in [1.807, 2.05) is 92.7 Å². The van der Waals surface area contributed by atoms with Crippen molar-refractivity contribution >= 4 is 23.9 Å². The van der Waals surface area contributed by atoms with E-state index in [0.717, 1.165) is 40.7 Å². The summed E-state index contributed by atoms with van der Waals surface area (Å²) in [6, 6.07) is 25.2. The maximum atomic E-state index is 12.9. The molecule has 1 saturated carbocycles. The fourth-order valence-electron chi connectivity index (χ4n) is 4.74. The first-order chi connectivity index (χ1) is 19.9. The van der Waals surface area contributed by atoms with Gasteiger partial charge < -0.3 is 24.9 Å². The molecule has 8 heteroatoms. The van der Waals surface area contributed by atoms with Crippen molar-refractivity contribution in [2.24, 2.45) is 0 Å². The van der Waals surface area contributed by atoms with Crippen molar-refractivity contribution in [3.8, 4) is 11.1 Å². The van der Waals surface area contributed by atoms with Gasteiger partial charge in [-0.05, 0) is 54.5 Å². The van der Waals surface area contributed by atoms with E-state index in [1.165, 1.54) is 6.21 Å². The number of benzene rings is 3. The first kappa shape index (κ1) is 29.6. The number of rotatable bonds is 13. The molecule has 1 unspecified atom stereocenters. The van der Waals surface area contributed by atoms with E-state index in [-0.39, 0.29) is 12.6 Å². The van der Waals surface area contributed by atoms with Crippen molar-refractivity contribution in [3.05, 3.63) is 101 Å². The predicted octanol–water partition coefficient (Wildman–Crippen LogP) is 5.99. The number of carbonyl (C=O) groups is 2. The average Bonchev–Trinajstić information content (AvgIpc) is 3.82. The van der Waals surface area contributed by atoms with Crippen molar-refractivity contribution in [2.75, 3.05) is 26.9 Å². The van der Waals surface area contributed by atoms with Gasteiger partial charge in [-0.3, -0.25) is 10.1 Å². The van der Waals surface area contributed by atoms with E-state index in [0.29, 0.717) is 24.6 Å². The first-order valence-electron chi connectivity index (χ1n) is 13.9. The van der Waals surface area contributed by atoms with Gasteiger partial charge >= 0.3 is 12.1 Å². The molecular weight excluding hydrogens is 518 g/mol. The Morgan fingerprint density at radius 3 is 2.10 bits per heavy atom. The summed E-state index contributed by atoms with van der Waals surface area (Å²) >= 11 is 0. The number of alkyl carbamates (subject to hydrolysis) is 1. The Balaban J connectivity index is 1.48. The Hall–Kier alpha value is -4.43. The van der Waals surface area contributed by atoms with Gasteiger partial charge in [-0.25, -0.2) is 4.79 Å². The van der Waals surface area contributed by atoms with Crippen molar-refractivity contribution in [1.82, 2.24) is 10.6 Å². The summed E-state index contributed by atoms with van der Waals surface area (Å²) in [5, 5.41) is 13.8. The highest BCUT2D eigenvalue weighted by Gasteiger charge is 2.52. The van der Waals surface area contributed by atoms with Gasteiger partial charge in [0.05, 0.1) is 18.6 Å². The molecule has 0 aromatic heterocycles. The number of amides is 1. The molecule has 3 aromatic rings. The fourth-order valence-corrected chi connectivity index (χ4v) is 4.74. The SMILES string of the molecule is CCOCC(OC(=O)N/C(NC)=C(/C=N)c1ccc(-c2ccc(C3(C(=O)OCC)CC3)cc2)cc1)c1ccccc1. The maximum absolute atomic E-state index is 12.9. The van der Waals surface area contributed by atoms with E-state index < -0.39 is 17.6 Å².